The molecule has 3 aromatic heterocycles. The number of carbonyl (C=O) groups excluding carboxylic acids is 2. The van der Waals surface area contributed by atoms with Gasteiger partial charge in [0.25, 0.3) is 5.91 Å². The molecule has 4 aromatic rings. The molecule has 1 N–H and O–H groups in total. The van der Waals surface area contributed by atoms with Crippen molar-refractivity contribution in [3.8, 4) is 0 Å². The van der Waals surface area contributed by atoms with Crippen LogP contribution >= 0.6 is 0 Å². The van der Waals surface area contributed by atoms with Gasteiger partial charge in [-0.15, -0.1) is 0 Å². The minimum atomic E-state index is -0.551. The zero-order chi connectivity index (χ0) is 25.6. The summed E-state index contributed by atoms with van der Waals surface area (Å²) in [5, 5.41) is 8.31. The molecular formula is C26H29FN6O3. The Balaban J connectivity index is 1.43. The van der Waals surface area contributed by atoms with E-state index in [1.165, 1.54) is 16.7 Å². The van der Waals surface area contributed by atoms with Crippen LogP contribution < -0.4 is 5.32 Å². The first kappa shape index (κ1) is 23.8. The van der Waals surface area contributed by atoms with Crippen molar-refractivity contribution in [1.82, 2.24) is 24.1 Å². The van der Waals surface area contributed by atoms with Gasteiger partial charge in [0.05, 0.1) is 11.3 Å². The topological polar surface area (TPSA) is 93.8 Å². The van der Waals surface area contributed by atoms with Crippen LogP contribution in [0, 0.1) is 5.82 Å². The number of hydrogen-bond acceptors (Lipinski definition) is 5. The maximum atomic E-state index is 14.4. The lowest BCUT2D eigenvalue weighted by Crippen LogP contribution is -2.35. The van der Waals surface area contributed by atoms with Crippen molar-refractivity contribution < 1.29 is 18.7 Å². The Morgan fingerprint density at radius 2 is 2.06 bits per heavy atom. The van der Waals surface area contributed by atoms with E-state index in [1.54, 1.807) is 28.0 Å². The fourth-order valence-electron chi connectivity index (χ4n) is 4.64. The molecule has 1 unspecified atom stereocenters. The highest BCUT2D eigenvalue weighted by Gasteiger charge is 2.32. The van der Waals surface area contributed by atoms with E-state index >= 15 is 0 Å². The summed E-state index contributed by atoms with van der Waals surface area (Å²) in [5.41, 5.74) is 1.97. The van der Waals surface area contributed by atoms with E-state index in [9.17, 15) is 14.0 Å². The van der Waals surface area contributed by atoms with Crippen molar-refractivity contribution in [2.24, 2.45) is 0 Å². The number of likely N-dealkylation sites (tertiary alicyclic amines) is 1. The summed E-state index contributed by atoms with van der Waals surface area (Å²) in [6, 6.07) is 4.93. The highest BCUT2D eigenvalue weighted by molar-refractivity contribution is 6.12. The molecule has 1 aromatic carbocycles. The zero-order valence-electron chi connectivity index (χ0n) is 20.8. The number of aryl methyl sites for hydroxylation is 1. The Labute approximate surface area is 207 Å². The van der Waals surface area contributed by atoms with Gasteiger partial charge in [0.1, 0.15) is 11.1 Å². The predicted octanol–water partition coefficient (Wildman–Crippen LogP) is 4.82. The van der Waals surface area contributed by atoms with Gasteiger partial charge in [0, 0.05) is 61.8 Å². The van der Waals surface area contributed by atoms with E-state index in [1.807, 2.05) is 40.0 Å². The minimum absolute atomic E-state index is 0.101. The average molecular weight is 493 g/mol. The number of pyridine rings is 1. The van der Waals surface area contributed by atoms with Crippen LogP contribution in [0.1, 0.15) is 56.0 Å². The molecule has 0 spiro atoms. The lowest BCUT2D eigenvalue weighted by Gasteiger charge is -2.24. The molecule has 1 aliphatic rings. The summed E-state index contributed by atoms with van der Waals surface area (Å²) < 4.78 is 23.2. The zero-order valence-corrected chi connectivity index (χ0v) is 20.8. The maximum absolute atomic E-state index is 14.4. The molecule has 0 saturated carbocycles. The number of imidazole rings is 1. The van der Waals surface area contributed by atoms with Crippen LogP contribution in [0.25, 0.3) is 16.6 Å². The number of amides is 2. The van der Waals surface area contributed by atoms with Crippen molar-refractivity contribution >= 4 is 34.2 Å². The quantitative estimate of drug-likeness (QED) is 0.441. The van der Waals surface area contributed by atoms with Gasteiger partial charge in [-0.2, -0.15) is 5.10 Å². The molecule has 4 heterocycles. The number of anilines is 1. The SMILES string of the molecule is CCn1cc2c(C3CCN(C(=O)OC(C)(C)C)C3)ccc(C(=O)Nc3cc(F)c4nccn4c3)c2n1. The first-order valence-corrected chi connectivity index (χ1v) is 12.0. The second-order valence-electron chi connectivity index (χ2n) is 10.1. The molecule has 1 saturated heterocycles. The molecule has 10 heteroatoms. The summed E-state index contributed by atoms with van der Waals surface area (Å²) in [6.07, 6.45) is 7.14. The molecule has 1 aliphatic heterocycles. The number of ether oxygens (including phenoxy) is 1. The van der Waals surface area contributed by atoms with Gasteiger partial charge in [0.15, 0.2) is 11.5 Å². The van der Waals surface area contributed by atoms with E-state index in [4.69, 9.17) is 4.74 Å². The Morgan fingerprint density at radius 1 is 1.25 bits per heavy atom. The highest BCUT2D eigenvalue weighted by Crippen LogP contribution is 2.34. The van der Waals surface area contributed by atoms with E-state index in [2.05, 4.69) is 15.4 Å². The third kappa shape index (κ3) is 4.50. The summed E-state index contributed by atoms with van der Waals surface area (Å²) in [5.74, 6) is -0.803. The summed E-state index contributed by atoms with van der Waals surface area (Å²) in [7, 11) is 0. The first-order valence-electron chi connectivity index (χ1n) is 12.0. The average Bonchev–Trinajstić information content (AvgIpc) is 3.55. The van der Waals surface area contributed by atoms with Crippen LogP contribution in [0.5, 0.6) is 0 Å². The second-order valence-corrected chi connectivity index (χ2v) is 10.1. The van der Waals surface area contributed by atoms with Crippen LogP contribution in [0.2, 0.25) is 0 Å². The van der Waals surface area contributed by atoms with Crippen molar-refractivity contribution in [3.05, 3.63) is 59.9 Å². The molecular weight excluding hydrogens is 463 g/mol. The number of halogens is 1. The number of hydrogen-bond donors (Lipinski definition) is 1. The van der Waals surface area contributed by atoms with Gasteiger partial charge < -0.3 is 19.4 Å². The van der Waals surface area contributed by atoms with Crippen LogP contribution in [0.3, 0.4) is 0 Å². The number of nitrogens with zero attached hydrogens (tertiary/aromatic N) is 5. The normalized spacial score (nSPS) is 16.1. The largest absolute Gasteiger partial charge is 0.444 e. The van der Waals surface area contributed by atoms with Crippen LogP contribution in [0.4, 0.5) is 14.9 Å². The Hall–Kier alpha value is -3.95. The lowest BCUT2D eigenvalue weighted by molar-refractivity contribution is 0.0292. The molecule has 9 nitrogen and oxygen atoms in total. The van der Waals surface area contributed by atoms with E-state index in [0.717, 1.165) is 17.4 Å². The van der Waals surface area contributed by atoms with Gasteiger partial charge >= 0.3 is 6.09 Å². The van der Waals surface area contributed by atoms with Crippen molar-refractivity contribution in [1.29, 1.82) is 0 Å². The van der Waals surface area contributed by atoms with Gasteiger partial charge in [-0.1, -0.05) is 6.07 Å². The number of benzene rings is 1. The van der Waals surface area contributed by atoms with E-state index in [0.29, 0.717) is 36.4 Å². The lowest BCUT2D eigenvalue weighted by atomic mass is 9.93. The molecule has 1 fully saturated rings. The van der Waals surface area contributed by atoms with Gasteiger partial charge in [-0.3, -0.25) is 9.48 Å². The van der Waals surface area contributed by atoms with Gasteiger partial charge in [-0.25, -0.2) is 14.2 Å². The fourth-order valence-corrected chi connectivity index (χ4v) is 4.64. The van der Waals surface area contributed by atoms with Crippen LogP contribution in [-0.2, 0) is 11.3 Å². The monoisotopic (exact) mass is 492 g/mol. The highest BCUT2D eigenvalue weighted by atomic mass is 19.1. The molecule has 0 aliphatic carbocycles. The third-order valence-electron chi connectivity index (χ3n) is 6.31. The Morgan fingerprint density at radius 3 is 2.81 bits per heavy atom. The summed E-state index contributed by atoms with van der Waals surface area (Å²) >= 11 is 0. The molecule has 0 bridgehead atoms. The smallest absolute Gasteiger partial charge is 0.410 e. The number of carbonyl (C=O) groups is 2. The van der Waals surface area contributed by atoms with E-state index < -0.39 is 11.4 Å². The second kappa shape index (κ2) is 8.92. The van der Waals surface area contributed by atoms with Crippen LogP contribution in [-0.4, -0.2) is 54.8 Å². The molecule has 1 atom stereocenters. The number of aromatic nitrogens is 4. The minimum Gasteiger partial charge on any atom is -0.444 e. The fraction of sp³-hybridized carbons (Fsp3) is 0.385. The van der Waals surface area contributed by atoms with Crippen LogP contribution in [0.15, 0.2) is 43.0 Å². The van der Waals surface area contributed by atoms with Gasteiger partial charge in [-0.05, 0) is 45.7 Å². The number of rotatable bonds is 4. The predicted molar refractivity (Wildman–Crippen MR) is 134 cm³/mol. The van der Waals surface area contributed by atoms with Crippen molar-refractivity contribution in [2.75, 3.05) is 18.4 Å². The molecule has 36 heavy (non-hydrogen) atoms. The standard InChI is InChI=1S/C26H29FN6O3/c1-5-33-15-20-18(16-8-10-32(13-16)25(35)36-26(2,3)4)6-7-19(22(20)30-33)24(34)29-17-12-21(27)23-28-9-11-31(23)14-17/h6-7,9,11-12,14-16H,5,8,10,13H2,1-4H3,(H,29,34). The van der Waals surface area contributed by atoms with E-state index in [-0.39, 0.29) is 23.6 Å². The van der Waals surface area contributed by atoms with Crippen molar-refractivity contribution in [2.45, 2.75) is 52.2 Å². The first-order chi connectivity index (χ1) is 17.1. The molecule has 2 amide bonds. The molecule has 5 rings (SSSR count). The summed E-state index contributed by atoms with van der Waals surface area (Å²) in [6.45, 7) is 9.33. The Bertz CT molecular complexity index is 1470. The number of fused-ring (bicyclic) bond motifs is 2. The summed E-state index contributed by atoms with van der Waals surface area (Å²) in [4.78, 5) is 31.5. The maximum Gasteiger partial charge on any atom is 0.410 e. The number of nitrogens with one attached hydrogen (secondary N) is 1. The third-order valence-corrected chi connectivity index (χ3v) is 6.31. The Kier molecular flexibility index (Phi) is 5.89. The van der Waals surface area contributed by atoms with Crippen molar-refractivity contribution in [3.63, 3.8) is 0 Å². The molecule has 0 radical (unpaired) electrons. The molecule has 188 valence electrons. The van der Waals surface area contributed by atoms with Gasteiger partial charge in [0.2, 0.25) is 0 Å².